The molecule has 0 bridgehead atoms. The molecule has 0 unspecified atom stereocenters. The van der Waals surface area contributed by atoms with Crippen molar-refractivity contribution in [3.05, 3.63) is 53.2 Å². The molecule has 3 aromatic heterocycles. The number of nitrogens with zero attached hydrogens (tertiary/aromatic N) is 4. The van der Waals surface area contributed by atoms with Crippen LogP contribution in [-0.4, -0.2) is 45.5 Å². The Morgan fingerprint density at radius 2 is 2.03 bits per heavy atom. The molecule has 9 heteroatoms. The van der Waals surface area contributed by atoms with Gasteiger partial charge in [-0.2, -0.15) is 0 Å². The van der Waals surface area contributed by atoms with Crippen LogP contribution in [-0.2, 0) is 17.8 Å². The molecular formula is C22H25N5O4. The van der Waals surface area contributed by atoms with E-state index < -0.39 is 0 Å². The monoisotopic (exact) mass is 423 g/mol. The van der Waals surface area contributed by atoms with Crippen LogP contribution in [0.3, 0.4) is 0 Å². The minimum Gasteiger partial charge on any atom is -0.472 e. The summed E-state index contributed by atoms with van der Waals surface area (Å²) >= 11 is 0. The van der Waals surface area contributed by atoms with Crippen molar-refractivity contribution in [3.8, 4) is 17.1 Å². The predicted molar refractivity (Wildman–Crippen MR) is 112 cm³/mol. The van der Waals surface area contributed by atoms with Gasteiger partial charge in [0.2, 0.25) is 5.88 Å². The van der Waals surface area contributed by atoms with Gasteiger partial charge in [0, 0.05) is 49.2 Å². The number of carbonyl (C=O) groups excluding carboxylic acids is 1. The number of pyridine rings is 1. The van der Waals surface area contributed by atoms with E-state index in [1.165, 1.54) is 0 Å². The molecule has 1 aliphatic rings. The van der Waals surface area contributed by atoms with Crippen molar-refractivity contribution < 1.29 is 18.8 Å². The molecule has 1 amide bonds. The van der Waals surface area contributed by atoms with E-state index in [-0.39, 0.29) is 24.2 Å². The third-order valence-corrected chi connectivity index (χ3v) is 5.17. The molecule has 1 saturated heterocycles. The molecule has 0 aliphatic carbocycles. The van der Waals surface area contributed by atoms with E-state index in [1.807, 2.05) is 26.0 Å². The van der Waals surface area contributed by atoms with Crippen LogP contribution in [0.15, 0.2) is 35.0 Å². The topological polar surface area (TPSA) is 112 Å². The Labute approximate surface area is 180 Å². The van der Waals surface area contributed by atoms with Gasteiger partial charge in [0.05, 0.1) is 5.56 Å². The Balaban J connectivity index is 1.42. The number of carbonyl (C=O) groups is 1. The lowest BCUT2D eigenvalue weighted by Gasteiger charge is -2.22. The standard InChI is InChI=1S/C22H25N5O4/c1-3-19-17(21(27-31-19)15-5-4-14(2)23-12-15)13-30-20-7-6-18(25-26-20)22(28)24-16-8-10-29-11-9-16/h4-7,12,16H,3,8-11,13H2,1-2H3,(H,24,28). The number of rotatable bonds is 7. The van der Waals surface area contributed by atoms with Crippen molar-refractivity contribution in [2.45, 2.75) is 45.8 Å². The van der Waals surface area contributed by atoms with E-state index in [1.54, 1.807) is 18.3 Å². The Kier molecular flexibility index (Phi) is 6.51. The highest BCUT2D eigenvalue weighted by Crippen LogP contribution is 2.26. The molecule has 0 atom stereocenters. The van der Waals surface area contributed by atoms with Gasteiger partial charge in [0.15, 0.2) is 5.69 Å². The molecule has 4 heterocycles. The quantitative estimate of drug-likeness (QED) is 0.617. The van der Waals surface area contributed by atoms with Crippen molar-refractivity contribution in [2.75, 3.05) is 13.2 Å². The molecule has 162 valence electrons. The highest BCUT2D eigenvalue weighted by atomic mass is 16.5. The van der Waals surface area contributed by atoms with Gasteiger partial charge in [-0.15, -0.1) is 10.2 Å². The van der Waals surface area contributed by atoms with Crippen LogP contribution in [0.1, 0.15) is 47.3 Å². The minimum atomic E-state index is -0.243. The number of hydrogen-bond donors (Lipinski definition) is 1. The van der Waals surface area contributed by atoms with Crippen LogP contribution in [0, 0.1) is 6.92 Å². The fraction of sp³-hybridized carbons (Fsp3) is 0.409. The summed E-state index contributed by atoms with van der Waals surface area (Å²) < 4.78 is 16.6. The molecular weight excluding hydrogens is 398 g/mol. The fourth-order valence-corrected chi connectivity index (χ4v) is 3.37. The zero-order valence-electron chi connectivity index (χ0n) is 17.6. The summed E-state index contributed by atoms with van der Waals surface area (Å²) in [7, 11) is 0. The molecule has 0 radical (unpaired) electrons. The molecule has 9 nitrogen and oxygen atoms in total. The van der Waals surface area contributed by atoms with E-state index >= 15 is 0 Å². The average molecular weight is 423 g/mol. The summed E-state index contributed by atoms with van der Waals surface area (Å²) in [4.78, 5) is 16.7. The number of nitrogens with one attached hydrogen (secondary N) is 1. The highest BCUT2D eigenvalue weighted by Gasteiger charge is 2.19. The largest absolute Gasteiger partial charge is 0.472 e. The first kappa shape index (κ1) is 20.9. The number of aryl methyl sites for hydroxylation is 2. The molecule has 4 rings (SSSR count). The normalized spacial score (nSPS) is 14.4. The zero-order chi connectivity index (χ0) is 21.6. The van der Waals surface area contributed by atoms with Crippen molar-refractivity contribution in [2.24, 2.45) is 0 Å². The van der Waals surface area contributed by atoms with Crippen molar-refractivity contribution in [1.29, 1.82) is 0 Å². The number of ether oxygens (including phenoxy) is 2. The molecule has 3 aromatic rings. The summed E-state index contributed by atoms with van der Waals surface area (Å²) in [6.45, 7) is 5.46. The molecule has 1 fully saturated rings. The summed E-state index contributed by atoms with van der Waals surface area (Å²) in [5.74, 6) is 0.822. The second-order valence-electron chi connectivity index (χ2n) is 7.38. The summed E-state index contributed by atoms with van der Waals surface area (Å²) in [5.41, 5.74) is 3.58. The molecule has 0 spiro atoms. The van der Waals surface area contributed by atoms with Gasteiger partial charge in [0.25, 0.3) is 5.91 Å². The third kappa shape index (κ3) is 5.05. The van der Waals surface area contributed by atoms with Crippen LogP contribution in [0.25, 0.3) is 11.3 Å². The minimum absolute atomic E-state index is 0.106. The van der Waals surface area contributed by atoms with Crippen molar-refractivity contribution in [3.63, 3.8) is 0 Å². The van der Waals surface area contributed by atoms with E-state index in [2.05, 4.69) is 25.7 Å². The second-order valence-corrected chi connectivity index (χ2v) is 7.38. The summed E-state index contributed by atoms with van der Waals surface area (Å²) in [6.07, 6.45) is 4.05. The van der Waals surface area contributed by atoms with Crippen molar-refractivity contribution >= 4 is 5.91 Å². The smallest absolute Gasteiger partial charge is 0.272 e. The van der Waals surface area contributed by atoms with E-state index in [0.29, 0.717) is 31.2 Å². The summed E-state index contributed by atoms with van der Waals surface area (Å²) in [6, 6.07) is 7.23. The Hall–Kier alpha value is -3.33. The highest BCUT2D eigenvalue weighted by molar-refractivity contribution is 5.92. The SMILES string of the molecule is CCc1onc(-c2ccc(C)nc2)c1COc1ccc(C(=O)NC2CCOCC2)nn1. The first-order valence-electron chi connectivity index (χ1n) is 10.4. The molecule has 31 heavy (non-hydrogen) atoms. The third-order valence-electron chi connectivity index (χ3n) is 5.17. The van der Waals surface area contributed by atoms with E-state index in [0.717, 1.165) is 35.4 Å². The molecule has 0 saturated carbocycles. The zero-order valence-corrected chi connectivity index (χ0v) is 17.6. The van der Waals surface area contributed by atoms with Gasteiger partial charge in [-0.05, 0) is 38.0 Å². The maximum Gasteiger partial charge on any atom is 0.272 e. The van der Waals surface area contributed by atoms with Crippen molar-refractivity contribution in [1.82, 2.24) is 25.7 Å². The molecule has 1 aliphatic heterocycles. The Morgan fingerprint density at radius 1 is 1.19 bits per heavy atom. The molecule has 1 N–H and O–H groups in total. The molecule has 0 aromatic carbocycles. The van der Waals surface area contributed by atoms with Gasteiger partial charge < -0.3 is 19.3 Å². The number of amides is 1. The first-order chi connectivity index (χ1) is 15.1. The maximum atomic E-state index is 12.4. The second kappa shape index (κ2) is 9.65. The van der Waals surface area contributed by atoms with Crippen LogP contribution in [0.2, 0.25) is 0 Å². The average Bonchev–Trinajstić information content (AvgIpc) is 3.22. The lowest BCUT2D eigenvalue weighted by atomic mass is 10.1. The fourth-order valence-electron chi connectivity index (χ4n) is 3.37. The Morgan fingerprint density at radius 3 is 2.71 bits per heavy atom. The van der Waals surface area contributed by atoms with Gasteiger partial charge in [-0.25, -0.2) is 0 Å². The van der Waals surface area contributed by atoms with Crippen LogP contribution < -0.4 is 10.1 Å². The van der Waals surface area contributed by atoms with Crippen LogP contribution in [0.4, 0.5) is 0 Å². The van der Waals surface area contributed by atoms with Gasteiger partial charge >= 0.3 is 0 Å². The lowest BCUT2D eigenvalue weighted by molar-refractivity contribution is 0.0693. The number of hydrogen-bond acceptors (Lipinski definition) is 8. The first-order valence-corrected chi connectivity index (χ1v) is 10.4. The Bertz CT molecular complexity index is 1010. The van der Waals surface area contributed by atoms with E-state index in [4.69, 9.17) is 14.0 Å². The van der Waals surface area contributed by atoms with E-state index in [9.17, 15) is 4.79 Å². The van der Waals surface area contributed by atoms with Gasteiger partial charge in [-0.3, -0.25) is 9.78 Å². The summed E-state index contributed by atoms with van der Waals surface area (Å²) in [5, 5.41) is 15.2. The predicted octanol–water partition coefficient (Wildman–Crippen LogP) is 2.89. The maximum absolute atomic E-state index is 12.4. The lowest BCUT2D eigenvalue weighted by Crippen LogP contribution is -2.39. The van der Waals surface area contributed by atoms with Crippen LogP contribution >= 0.6 is 0 Å². The van der Waals surface area contributed by atoms with Gasteiger partial charge in [-0.1, -0.05) is 12.1 Å². The number of aromatic nitrogens is 4. The van der Waals surface area contributed by atoms with Crippen LogP contribution in [0.5, 0.6) is 5.88 Å². The van der Waals surface area contributed by atoms with Gasteiger partial charge in [0.1, 0.15) is 18.1 Å².